The third-order valence-electron chi connectivity index (χ3n) is 4.31. The molecule has 0 radical (unpaired) electrons. The van der Waals surface area contributed by atoms with Crippen LogP contribution in [0.15, 0.2) is 60.7 Å². The van der Waals surface area contributed by atoms with Crippen LogP contribution in [0.4, 0.5) is 5.69 Å². The smallest absolute Gasteiger partial charge is 0.342 e. The number of carbonyl (C=O) groups is 2. The maximum atomic E-state index is 12.7. The van der Waals surface area contributed by atoms with Gasteiger partial charge in [-0.25, -0.2) is 4.79 Å². The standard InChI is InChI=1S/C22H21NO5/c1-14(21(24)23-18-10-6-7-11-19(18)26-2)28-22(25)17-12-15-8-4-5-9-16(15)13-20(17)27-3/h4-14H,1-3H3,(H,23,24)/t14-/m0/s1. The Bertz CT molecular complexity index is 1010. The van der Waals surface area contributed by atoms with E-state index >= 15 is 0 Å². The van der Waals surface area contributed by atoms with Crippen molar-refractivity contribution in [2.75, 3.05) is 19.5 Å². The second-order valence-electron chi connectivity index (χ2n) is 6.14. The summed E-state index contributed by atoms with van der Waals surface area (Å²) in [6.45, 7) is 1.51. The van der Waals surface area contributed by atoms with Gasteiger partial charge in [0.25, 0.3) is 5.91 Å². The topological polar surface area (TPSA) is 73.9 Å². The molecule has 6 heteroatoms. The predicted octanol–water partition coefficient (Wildman–Crippen LogP) is 4.04. The first-order valence-corrected chi connectivity index (χ1v) is 8.75. The SMILES string of the molecule is COc1ccccc1NC(=O)[C@H](C)OC(=O)c1cc2ccccc2cc1OC. The zero-order valence-electron chi connectivity index (χ0n) is 15.9. The molecule has 0 fully saturated rings. The summed E-state index contributed by atoms with van der Waals surface area (Å²) in [5, 5.41) is 4.52. The molecule has 1 amide bonds. The lowest BCUT2D eigenvalue weighted by Crippen LogP contribution is -2.30. The molecule has 3 rings (SSSR count). The van der Waals surface area contributed by atoms with Gasteiger partial charge < -0.3 is 19.5 Å². The summed E-state index contributed by atoms with van der Waals surface area (Å²) in [5.74, 6) is -0.186. The summed E-state index contributed by atoms with van der Waals surface area (Å²) < 4.78 is 15.9. The number of nitrogens with one attached hydrogen (secondary N) is 1. The summed E-state index contributed by atoms with van der Waals surface area (Å²) in [6.07, 6.45) is -1.01. The van der Waals surface area contributed by atoms with Crippen LogP contribution in [0.1, 0.15) is 17.3 Å². The van der Waals surface area contributed by atoms with Gasteiger partial charge in [0.05, 0.1) is 19.9 Å². The molecule has 0 bridgehead atoms. The molecule has 3 aromatic carbocycles. The Kier molecular flexibility index (Phi) is 5.79. The van der Waals surface area contributed by atoms with Crippen molar-refractivity contribution >= 4 is 28.3 Å². The van der Waals surface area contributed by atoms with E-state index < -0.39 is 18.0 Å². The lowest BCUT2D eigenvalue weighted by molar-refractivity contribution is -0.123. The molecule has 1 atom stereocenters. The molecular weight excluding hydrogens is 358 g/mol. The van der Waals surface area contributed by atoms with E-state index in [4.69, 9.17) is 14.2 Å². The summed E-state index contributed by atoms with van der Waals surface area (Å²) in [4.78, 5) is 25.1. The minimum absolute atomic E-state index is 0.262. The van der Waals surface area contributed by atoms with Gasteiger partial charge in [0.1, 0.15) is 17.1 Å². The van der Waals surface area contributed by atoms with E-state index in [1.807, 2.05) is 24.3 Å². The van der Waals surface area contributed by atoms with Crippen LogP contribution in [0.2, 0.25) is 0 Å². The van der Waals surface area contributed by atoms with Gasteiger partial charge in [-0.3, -0.25) is 4.79 Å². The quantitative estimate of drug-likeness (QED) is 0.654. The van der Waals surface area contributed by atoms with Crippen molar-refractivity contribution in [3.63, 3.8) is 0 Å². The van der Waals surface area contributed by atoms with Gasteiger partial charge in [-0.1, -0.05) is 36.4 Å². The molecule has 0 saturated heterocycles. The van der Waals surface area contributed by atoms with Gasteiger partial charge >= 0.3 is 5.97 Å². The molecule has 0 spiro atoms. The van der Waals surface area contributed by atoms with Gasteiger partial charge in [-0.05, 0) is 42.0 Å². The van der Waals surface area contributed by atoms with Crippen LogP contribution in [0.5, 0.6) is 11.5 Å². The molecule has 28 heavy (non-hydrogen) atoms. The third-order valence-corrected chi connectivity index (χ3v) is 4.31. The molecule has 0 aliphatic carbocycles. The number of anilines is 1. The van der Waals surface area contributed by atoms with Crippen molar-refractivity contribution in [2.45, 2.75) is 13.0 Å². The molecule has 0 heterocycles. The Hall–Kier alpha value is -3.54. The van der Waals surface area contributed by atoms with E-state index in [1.54, 1.807) is 36.4 Å². The molecule has 0 aliphatic heterocycles. The number of amides is 1. The van der Waals surface area contributed by atoms with E-state index in [0.717, 1.165) is 10.8 Å². The first-order valence-electron chi connectivity index (χ1n) is 8.75. The number of esters is 1. The van der Waals surface area contributed by atoms with Crippen LogP contribution in [0.3, 0.4) is 0 Å². The van der Waals surface area contributed by atoms with E-state index in [0.29, 0.717) is 17.2 Å². The van der Waals surface area contributed by atoms with E-state index in [2.05, 4.69) is 5.32 Å². The van der Waals surface area contributed by atoms with E-state index in [-0.39, 0.29) is 5.56 Å². The highest BCUT2D eigenvalue weighted by Gasteiger charge is 2.22. The van der Waals surface area contributed by atoms with Gasteiger partial charge in [0.2, 0.25) is 0 Å². The minimum Gasteiger partial charge on any atom is -0.496 e. The van der Waals surface area contributed by atoms with Crippen molar-refractivity contribution in [2.24, 2.45) is 0 Å². The van der Waals surface area contributed by atoms with Crippen LogP contribution in [0, 0.1) is 0 Å². The Morgan fingerprint density at radius 1 is 0.857 bits per heavy atom. The number of hydrogen-bond acceptors (Lipinski definition) is 5. The zero-order valence-corrected chi connectivity index (χ0v) is 15.9. The minimum atomic E-state index is -1.01. The highest BCUT2D eigenvalue weighted by molar-refractivity contribution is 6.01. The van der Waals surface area contributed by atoms with Gasteiger partial charge in [-0.15, -0.1) is 0 Å². The van der Waals surface area contributed by atoms with Gasteiger partial charge in [-0.2, -0.15) is 0 Å². The molecule has 0 aliphatic rings. The summed E-state index contributed by atoms with van der Waals surface area (Å²) in [5.41, 5.74) is 0.763. The molecule has 6 nitrogen and oxygen atoms in total. The predicted molar refractivity (Wildman–Crippen MR) is 107 cm³/mol. The summed E-state index contributed by atoms with van der Waals surface area (Å²) >= 11 is 0. The molecule has 0 unspecified atom stereocenters. The van der Waals surface area contributed by atoms with E-state index in [1.165, 1.54) is 21.1 Å². The second kappa shape index (κ2) is 8.43. The number of hydrogen-bond donors (Lipinski definition) is 1. The third kappa shape index (κ3) is 4.06. The molecule has 3 aromatic rings. The Labute approximate surface area is 163 Å². The lowest BCUT2D eigenvalue weighted by atomic mass is 10.1. The molecule has 144 valence electrons. The normalized spacial score (nSPS) is 11.5. The van der Waals surface area contributed by atoms with Gasteiger partial charge in [0.15, 0.2) is 6.10 Å². The Morgan fingerprint density at radius 2 is 1.46 bits per heavy atom. The first-order chi connectivity index (χ1) is 13.5. The number of ether oxygens (including phenoxy) is 3. The fourth-order valence-electron chi connectivity index (χ4n) is 2.81. The monoisotopic (exact) mass is 379 g/mol. The van der Waals surface area contributed by atoms with Crippen LogP contribution in [0.25, 0.3) is 10.8 Å². The van der Waals surface area contributed by atoms with Crippen molar-refractivity contribution in [1.82, 2.24) is 0 Å². The average molecular weight is 379 g/mol. The maximum absolute atomic E-state index is 12.7. The van der Waals surface area contributed by atoms with Crippen molar-refractivity contribution < 1.29 is 23.8 Å². The highest BCUT2D eigenvalue weighted by atomic mass is 16.5. The number of methoxy groups -OCH3 is 2. The molecular formula is C22H21NO5. The number of para-hydroxylation sites is 2. The fraction of sp³-hybridized carbons (Fsp3) is 0.182. The lowest BCUT2D eigenvalue weighted by Gasteiger charge is -2.16. The molecule has 1 N–H and O–H groups in total. The summed E-state index contributed by atoms with van der Waals surface area (Å²) in [6, 6.07) is 18.1. The fourth-order valence-corrected chi connectivity index (χ4v) is 2.81. The number of benzene rings is 3. The van der Waals surface area contributed by atoms with Gasteiger partial charge in [0, 0.05) is 0 Å². The largest absolute Gasteiger partial charge is 0.496 e. The molecule has 0 aromatic heterocycles. The highest BCUT2D eigenvalue weighted by Crippen LogP contribution is 2.27. The number of fused-ring (bicyclic) bond motifs is 1. The van der Waals surface area contributed by atoms with Crippen molar-refractivity contribution in [3.05, 3.63) is 66.2 Å². The van der Waals surface area contributed by atoms with E-state index in [9.17, 15) is 9.59 Å². The van der Waals surface area contributed by atoms with Crippen LogP contribution < -0.4 is 14.8 Å². The Balaban J connectivity index is 1.76. The van der Waals surface area contributed by atoms with Crippen molar-refractivity contribution in [1.29, 1.82) is 0 Å². The maximum Gasteiger partial charge on any atom is 0.342 e. The van der Waals surface area contributed by atoms with Crippen molar-refractivity contribution in [3.8, 4) is 11.5 Å². The number of carbonyl (C=O) groups excluding carboxylic acids is 2. The van der Waals surface area contributed by atoms with Crippen LogP contribution >= 0.6 is 0 Å². The number of rotatable bonds is 6. The average Bonchev–Trinajstić information content (AvgIpc) is 2.72. The van der Waals surface area contributed by atoms with Crippen LogP contribution in [-0.2, 0) is 9.53 Å². The summed E-state index contributed by atoms with van der Waals surface area (Å²) in [7, 11) is 3.00. The molecule has 0 saturated carbocycles. The second-order valence-corrected chi connectivity index (χ2v) is 6.14. The Morgan fingerprint density at radius 3 is 2.14 bits per heavy atom. The first kappa shape index (κ1) is 19.2. The van der Waals surface area contributed by atoms with Crippen LogP contribution in [-0.4, -0.2) is 32.2 Å². The zero-order chi connectivity index (χ0) is 20.1.